The van der Waals surface area contributed by atoms with Gasteiger partial charge in [-0.1, -0.05) is 12.1 Å². The Hall–Kier alpha value is -1.94. The lowest BCUT2D eigenvalue weighted by Crippen LogP contribution is -2.09. The third-order valence-electron chi connectivity index (χ3n) is 3.01. The fraction of sp³-hybridized carbons (Fsp3) is 0.0667. The minimum Gasteiger partial charge on any atom is -0.341 e. The van der Waals surface area contributed by atoms with Gasteiger partial charge < -0.3 is 4.57 Å². The maximum absolute atomic E-state index is 11.8. The number of benzene rings is 1. The van der Waals surface area contributed by atoms with E-state index in [9.17, 15) is 4.79 Å². The van der Waals surface area contributed by atoms with Crippen LogP contribution in [0.4, 0.5) is 0 Å². The van der Waals surface area contributed by atoms with Crippen LogP contribution in [0.2, 0.25) is 0 Å². The number of nitrogens with zero attached hydrogens (tertiary/aromatic N) is 2. The third-order valence-corrected chi connectivity index (χ3v) is 3.47. The van der Waals surface area contributed by atoms with Crippen LogP contribution in [0.1, 0.15) is 5.69 Å². The number of hydrogen-bond donors (Lipinski definition) is 0. The highest BCUT2D eigenvalue weighted by atomic mass is 79.9. The van der Waals surface area contributed by atoms with Crippen LogP contribution in [0.15, 0.2) is 64.1 Å². The van der Waals surface area contributed by atoms with Gasteiger partial charge in [-0.05, 0) is 40.2 Å². The molecular formula is C15H11BrN2O. The van der Waals surface area contributed by atoms with E-state index in [0.29, 0.717) is 6.54 Å². The molecule has 0 fully saturated rings. The average molecular weight is 315 g/mol. The Balaban J connectivity index is 2.08. The van der Waals surface area contributed by atoms with E-state index in [1.165, 1.54) is 0 Å². The Labute approximate surface area is 118 Å². The van der Waals surface area contributed by atoms with Gasteiger partial charge in [-0.15, -0.1) is 0 Å². The molecule has 0 bridgehead atoms. The van der Waals surface area contributed by atoms with Gasteiger partial charge in [0.1, 0.15) is 0 Å². The van der Waals surface area contributed by atoms with Gasteiger partial charge in [0.15, 0.2) is 5.43 Å². The molecule has 0 aliphatic rings. The van der Waals surface area contributed by atoms with E-state index in [0.717, 1.165) is 21.1 Å². The van der Waals surface area contributed by atoms with Gasteiger partial charge in [0.2, 0.25) is 0 Å². The number of pyridine rings is 2. The molecule has 0 N–H and O–H groups in total. The first-order valence-corrected chi connectivity index (χ1v) is 6.72. The van der Waals surface area contributed by atoms with Gasteiger partial charge >= 0.3 is 0 Å². The van der Waals surface area contributed by atoms with Crippen LogP contribution >= 0.6 is 15.9 Å². The minimum absolute atomic E-state index is 0.0515. The summed E-state index contributed by atoms with van der Waals surface area (Å²) in [6.45, 7) is 0.647. The van der Waals surface area contributed by atoms with Crippen molar-refractivity contribution in [1.29, 1.82) is 0 Å². The van der Waals surface area contributed by atoms with Crippen molar-refractivity contribution >= 4 is 26.8 Å². The number of fused-ring (bicyclic) bond motifs is 1. The predicted octanol–water partition coefficient (Wildman–Crippen LogP) is 3.21. The first-order valence-electron chi connectivity index (χ1n) is 5.93. The van der Waals surface area contributed by atoms with Crippen molar-refractivity contribution in [2.45, 2.75) is 6.54 Å². The first-order chi connectivity index (χ1) is 9.24. The molecular weight excluding hydrogens is 304 g/mol. The zero-order valence-electron chi connectivity index (χ0n) is 10.1. The van der Waals surface area contributed by atoms with E-state index in [1.54, 1.807) is 12.3 Å². The minimum atomic E-state index is 0.0515. The zero-order chi connectivity index (χ0) is 13.2. The summed E-state index contributed by atoms with van der Waals surface area (Å²) in [7, 11) is 0. The Morgan fingerprint density at radius 3 is 2.74 bits per heavy atom. The van der Waals surface area contributed by atoms with E-state index in [4.69, 9.17) is 0 Å². The van der Waals surface area contributed by atoms with Crippen LogP contribution in [0.25, 0.3) is 10.9 Å². The summed E-state index contributed by atoms with van der Waals surface area (Å²) in [6, 6.07) is 13.2. The van der Waals surface area contributed by atoms with Crippen molar-refractivity contribution in [3.05, 3.63) is 75.2 Å². The molecule has 0 atom stereocenters. The second kappa shape index (κ2) is 4.97. The fourth-order valence-electron chi connectivity index (χ4n) is 2.07. The standard InChI is InChI=1S/C15H11BrN2O/c16-11-5-6-12(17-9-11)10-18-8-7-15(19)13-3-1-2-4-14(13)18/h1-9H,10H2. The second-order valence-corrected chi connectivity index (χ2v) is 5.21. The highest BCUT2D eigenvalue weighted by Gasteiger charge is 2.03. The largest absolute Gasteiger partial charge is 0.341 e. The van der Waals surface area contributed by atoms with Crippen molar-refractivity contribution in [3.63, 3.8) is 0 Å². The highest BCUT2D eigenvalue weighted by Crippen LogP contribution is 2.12. The Morgan fingerprint density at radius 2 is 1.95 bits per heavy atom. The molecule has 0 radical (unpaired) electrons. The van der Waals surface area contributed by atoms with Crippen LogP contribution in [-0.4, -0.2) is 9.55 Å². The molecule has 0 aliphatic heterocycles. The molecule has 3 aromatic rings. The SMILES string of the molecule is O=c1ccn(Cc2ccc(Br)cn2)c2ccccc12. The Morgan fingerprint density at radius 1 is 1.11 bits per heavy atom. The van der Waals surface area contributed by atoms with Gasteiger partial charge in [0.25, 0.3) is 0 Å². The summed E-state index contributed by atoms with van der Waals surface area (Å²) < 4.78 is 2.99. The van der Waals surface area contributed by atoms with Crippen molar-refractivity contribution < 1.29 is 0 Å². The van der Waals surface area contributed by atoms with E-state index < -0.39 is 0 Å². The summed E-state index contributed by atoms with van der Waals surface area (Å²) in [5.74, 6) is 0. The van der Waals surface area contributed by atoms with E-state index in [1.807, 2.05) is 47.2 Å². The van der Waals surface area contributed by atoms with Gasteiger partial charge in [-0.3, -0.25) is 9.78 Å². The number of halogens is 1. The highest BCUT2D eigenvalue weighted by molar-refractivity contribution is 9.10. The number of hydrogen-bond acceptors (Lipinski definition) is 2. The molecule has 4 heteroatoms. The molecule has 0 saturated carbocycles. The number of para-hydroxylation sites is 1. The molecule has 3 rings (SSSR count). The molecule has 94 valence electrons. The molecule has 0 unspecified atom stereocenters. The van der Waals surface area contributed by atoms with Crippen LogP contribution in [0.5, 0.6) is 0 Å². The average Bonchev–Trinajstić information content (AvgIpc) is 2.45. The topological polar surface area (TPSA) is 34.9 Å². The molecule has 0 amide bonds. The maximum atomic E-state index is 11.8. The number of rotatable bonds is 2. The van der Waals surface area contributed by atoms with Gasteiger partial charge in [-0.25, -0.2) is 0 Å². The van der Waals surface area contributed by atoms with Crippen LogP contribution < -0.4 is 5.43 Å². The summed E-state index contributed by atoms with van der Waals surface area (Å²) in [5, 5.41) is 0.738. The third kappa shape index (κ3) is 2.44. The van der Waals surface area contributed by atoms with Crippen molar-refractivity contribution in [2.24, 2.45) is 0 Å². The molecule has 0 spiro atoms. The fourth-order valence-corrected chi connectivity index (χ4v) is 2.31. The molecule has 3 nitrogen and oxygen atoms in total. The summed E-state index contributed by atoms with van der Waals surface area (Å²) in [4.78, 5) is 16.1. The summed E-state index contributed by atoms with van der Waals surface area (Å²) >= 11 is 3.37. The predicted molar refractivity (Wildman–Crippen MR) is 79.2 cm³/mol. The van der Waals surface area contributed by atoms with Crippen molar-refractivity contribution in [3.8, 4) is 0 Å². The zero-order valence-corrected chi connectivity index (χ0v) is 11.7. The quantitative estimate of drug-likeness (QED) is 0.728. The molecule has 19 heavy (non-hydrogen) atoms. The second-order valence-electron chi connectivity index (χ2n) is 4.29. The molecule has 2 heterocycles. The first kappa shape index (κ1) is 12.1. The Kier molecular flexibility index (Phi) is 3.17. The lowest BCUT2D eigenvalue weighted by Gasteiger charge is -2.10. The maximum Gasteiger partial charge on any atom is 0.189 e. The smallest absolute Gasteiger partial charge is 0.189 e. The molecule has 2 aromatic heterocycles. The van der Waals surface area contributed by atoms with Crippen LogP contribution in [0, 0.1) is 0 Å². The van der Waals surface area contributed by atoms with Gasteiger partial charge in [-0.2, -0.15) is 0 Å². The lowest BCUT2D eigenvalue weighted by atomic mass is 10.2. The van der Waals surface area contributed by atoms with Crippen LogP contribution in [0.3, 0.4) is 0 Å². The summed E-state index contributed by atoms with van der Waals surface area (Å²) in [6.07, 6.45) is 3.59. The van der Waals surface area contributed by atoms with E-state index in [-0.39, 0.29) is 5.43 Å². The van der Waals surface area contributed by atoms with Crippen molar-refractivity contribution in [2.75, 3.05) is 0 Å². The van der Waals surface area contributed by atoms with Crippen molar-refractivity contribution in [1.82, 2.24) is 9.55 Å². The van der Waals surface area contributed by atoms with Gasteiger partial charge in [0.05, 0.1) is 17.8 Å². The Bertz CT molecular complexity index is 778. The summed E-state index contributed by atoms with van der Waals surface area (Å²) in [5.41, 5.74) is 1.94. The van der Waals surface area contributed by atoms with Gasteiger partial charge in [0, 0.05) is 28.3 Å². The normalized spacial score (nSPS) is 10.8. The molecule has 0 aliphatic carbocycles. The van der Waals surface area contributed by atoms with E-state index in [2.05, 4.69) is 20.9 Å². The molecule has 1 aromatic carbocycles. The number of aromatic nitrogens is 2. The van der Waals surface area contributed by atoms with Crippen LogP contribution in [-0.2, 0) is 6.54 Å². The monoisotopic (exact) mass is 314 g/mol. The lowest BCUT2D eigenvalue weighted by molar-refractivity contribution is 0.797. The molecule has 0 saturated heterocycles. The van der Waals surface area contributed by atoms with E-state index >= 15 is 0 Å².